The Morgan fingerprint density at radius 2 is 1.63 bits per heavy atom. The Morgan fingerprint density at radius 3 is 2.33 bits per heavy atom. The van der Waals surface area contributed by atoms with Crippen molar-refractivity contribution in [2.45, 2.75) is 89.3 Å². The highest BCUT2D eigenvalue weighted by Gasteiger charge is 2.47. The molecule has 5 atom stereocenters. The third kappa shape index (κ3) is 5.42. The second-order valence-corrected chi connectivity index (χ2v) is 8.54. The Labute approximate surface area is 164 Å². The number of aliphatic hydroxyl groups is 1. The van der Waals surface area contributed by atoms with Gasteiger partial charge in [-0.1, -0.05) is 62.9 Å². The van der Waals surface area contributed by atoms with Crippen LogP contribution in [0.3, 0.4) is 0 Å². The van der Waals surface area contributed by atoms with Gasteiger partial charge in [0.15, 0.2) is 0 Å². The molecule has 1 aromatic rings. The van der Waals surface area contributed by atoms with Gasteiger partial charge in [0.1, 0.15) is 5.78 Å². The first-order valence-electron chi connectivity index (χ1n) is 11.0. The van der Waals surface area contributed by atoms with Crippen molar-refractivity contribution in [2.75, 3.05) is 6.61 Å². The van der Waals surface area contributed by atoms with E-state index in [2.05, 4.69) is 12.1 Å². The molecule has 1 unspecified atom stereocenters. The molecule has 1 aromatic carbocycles. The number of ether oxygens (including phenoxy) is 1. The van der Waals surface area contributed by atoms with Crippen molar-refractivity contribution >= 4 is 5.78 Å². The number of benzene rings is 1. The molecule has 3 rings (SSSR count). The Bertz CT molecular complexity index is 570. The maximum absolute atomic E-state index is 12.7. The van der Waals surface area contributed by atoms with E-state index in [0.717, 1.165) is 24.8 Å². The van der Waals surface area contributed by atoms with Gasteiger partial charge in [-0.25, -0.2) is 0 Å². The highest BCUT2D eigenvalue weighted by Crippen LogP contribution is 2.47. The number of Topliss-reactive ketones (excluding diaryl/α,β-unsaturated/α-hetero) is 1. The highest BCUT2D eigenvalue weighted by atomic mass is 16.5. The molecule has 2 aliphatic rings. The van der Waals surface area contributed by atoms with Crippen LogP contribution in [0.25, 0.3) is 0 Å². The number of hydrogen-bond donors (Lipinski definition) is 1. The first-order valence-corrected chi connectivity index (χ1v) is 11.0. The minimum atomic E-state index is -0.00400. The molecular weight excluding hydrogens is 336 g/mol. The first-order chi connectivity index (χ1) is 13.2. The number of aliphatic hydroxyl groups excluding tert-OH is 1. The topological polar surface area (TPSA) is 46.5 Å². The van der Waals surface area contributed by atoms with Gasteiger partial charge in [0.05, 0.1) is 12.2 Å². The van der Waals surface area contributed by atoms with Gasteiger partial charge in [-0.15, -0.1) is 0 Å². The third-order valence-corrected chi connectivity index (χ3v) is 6.79. The van der Waals surface area contributed by atoms with Gasteiger partial charge in [0.2, 0.25) is 0 Å². The van der Waals surface area contributed by atoms with E-state index in [0.29, 0.717) is 42.9 Å². The monoisotopic (exact) mass is 372 g/mol. The molecule has 2 saturated heterocycles. The Balaban J connectivity index is 1.45. The Kier molecular flexibility index (Phi) is 7.90. The van der Waals surface area contributed by atoms with Crippen molar-refractivity contribution in [1.29, 1.82) is 0 Å². The molecule has 0 saturated carbocycles. The molecule has 2 fully saturated rings. The van der Waals surface area contributed by atoms with Gasteiger partial charge in [0.25, 0.3) is 0 Å². The van der Waals surface area contributed by atoms with Crippen LogP contribution in [0.1, 0.15) is 82.6 Å². The lowest BCUT2D eigenvalue weighted by Gasteiger charge is -2.28. The summed E-state index contributed by atoms with van der Waals surface area (Å²) >= 11 is 0. The van der Waals surface area contributed by atoms with Crippen molar-refractivity contribution in [3.05, 3.63) is 35.9 Å². The fourth-order valence-corrected chi connectivity index (χ4v) is 5.15. The van der Waals surface area contributed by atoms with Crippen LogP contribution in [0.2, 0.25) is 0 Å². The summed E-state index contributed by atoms with van der Waals surface area (Å²) in [5, 5.41) is 8.87. The standard InChI is InChI=1S/C24H36O3/c1-18(19-10-6-5-7-11-19)22(26)14-13-21-20(23-15-16-24(21)27-23)12-8-3-2-4-9-17-25/h5-7,10-11,18,20-21,23-25H,2-4,8-9,12-17H2,1H3/t18?,20-,21+,23-,24+/m1/s1. The molecule has 2 bridgehead atoms. The minimum absolute atomic E-state index is 0.00400. The third-order valence-electron chi connectivity index (χ3n) is 6.79. The zero-order valence-corrected chi connectivity index (χ0v) is 16.8. The van der Waals surface area contributed by atoms with Crippen LogP contribution in [-0.2, 0) is 9.53 Å². The number of hydrogen-bond acceptors (Lipinski definition) is 3. The molecule has 0 spiro atoms. The predicted molar refractivity (Wildman–Crippen MR) is 109 cm³/mol. The zero-order valence-electron chi connectivity index (χ0n) is 16.8. The molecule has 2 heterocycles. The van der Waals surface area contributed by atoms with Crippen molar-refractivity contribution in [1.82, 2.24) is 0 Å². The number of rotatable bonds is 12. The summed E-state index contributed by atoms with van der Waals surface area (Å²) in [6.07, 6.45) is 12.0. The predicted octanol–water partition coefficient (Wildman–Crippen LogP) is 5.27. The second kappa shape index (κ2) is 10.4. The summed E-state index contributed by atoms with van der Waals surface area (Å²) in [5.74, 6) is 1.59. The number of carbonyl (C=O) groups excluding carboxylic acids is 1. The molecule has 3 heteroatoms. The zero-order chi connectivity index (χ0) is 19.1. The van der Waals surface area contributed by atoms with Gasteiger partial charge >= 0.3 is 0 Å². The van der Waals surface area contributed by atoms with E-state index in [9.17, 15) is 4.79 Å². The Hall–Kier alpha value is -1.19. The van der Waals surface area contributed by atoms with Gasteiger partial charge < -0.3 is 9.84 Å². The van der Waals surface area contributed by atoms with E-state index >= 15 is 0 Å². The van der Waals surface area contributed by atoms with E-state index in [1.165, 1.54) is 38.5 Å². The fourth-order valence-electron chi connectivity index (χ4n) is 5.15. The highest BCUT2D eigenvalue weighted by molar-refractivity contribution is 5.85. The van der Waals surface area contributed by atoms with Crippen LogP contribution in [0.5, 0.6) is 0 Å². The first kappa shape index (κ1) is 20.5. The average Bonchev–Trinajstić information content (AvgIpc) is 3.30. The van der Waals surface area contributed by atoms with Crippen LogP contribution < -0.4 is 0 Å². The summed E-state index contributed by atoms with van der Waals surface area (Å²) in [5.41, 5.74) is 1.13. The molecule has 0 radical (unpaired) electrons. The van der Waals surface area contributed by atoms with Crippen molar-refractivity contribution in [2.24, 2.45) is 11.8 Å². The molecule has 2 aliphatic heterocycles. The van der Waals surface area contributed by atoms with E-state index in [1.807, 2.05) is 25.1 Å². The fraction of sp³-hybridized carbons (Fsp3) is 0.708. The van der Waals surface area contributed by atoms with Gasteiger partial charge in [-0.2, -0.15) is 0 Å². The van der Waals surface area contributed by atoms with Crippen LogP contribution in [0, 0.1) is 11.8 Å². The van der Waals surface area contributed by atoms with Crippen molar-refractivity contribution in [3.63, 3.8) is 0 Å². The summed E-state index contributed by atoms with van der Waals surface area (Å²) in [6, 6.07) is 10.1. The van der Waals surface area contributed by atoms with Crippen LogP contribution in [0.4, 0.5) is 0 Å². The lowest BCUT2D eigenvalue weighted by atomic mass is 9.74. The molecule has 27 heavy (non-hydrogen) atoms. The molecule has 1 N–H and O–H groups in total. The molecule has 0 amide bonds. The van der Waals surface area contributed by atoms with Crippen molar-refractivity contribution < 1.29 is 14.6 Å². The molecule has 150 valence electrons. The molecule has 0 aliphatic carbocycles. The summed E-state index contributed by atoms with van der Waals surface area (Å²) < 4.78 is 6.23. The Morgan fingerprint density at radius 1 is 1.00 bits per heavy atom. The van der Waals surface area contributed by atoms with Crippen LogP contribution in [-0.4, -0.2) is 29.7 Å². The second-order valence-electron chi connectivity index (χ2n) is 8.54. The molecule has 3 nitrogen and oxygen atoms in total. The van der Waals surface area contributed by atoms with Crippen molar-refractivity contribution in [3.8, 4) is 0 Å². The lowest BCUT2D eigenvalue weighted by Crippen LogP contribution is -2.28. The summed E-state index contributed by atoms with van der Waals surface area (Å²) in [7, 11) is 0. The van der Waals surface area contributed by atoms with Gasteiger partial charge in [-0.3, -0.25) is 4.79 Å². The number of unbranched alkanes of at least 4 members (excludes halogenated alkanes) is 4. The smallest absolute Gasteiger partial charge is 0.140 e. The van der Waals surface area contributed by atoms with E-state index in [1.54, 1.807) is 0 Å². The largest absolute Gasteiger partial charge is 0.396 e. The lowest BCUT2D eigenvalue weighted by molar-refractivity contribution is -0.120. The van der Waals surface area contributed by atoms with Crippen LogP contribution >= 0.6 is 0 Å². The number of fused-ring (bicyclic) bond motifs is 2. The number of carbonyl (C=O) groups is 1. The summed E-state index contributed by atoms with van der Waals surface area (Å²) in [4.78, 5) is 12.7. The maximum atomic E-state index is 12.7. The number of ketones is 1. The normalized spacial score (nSPS) is 27.8. The SMILES string of the molecule is CC(C(=O)CC[C@H]1[C@@H](CCCCCCCO)[C@H]2CC[C@@H]1O2)c1ccccc1. The van der Waals surface area contributed by atoms with Gasteiger partial charge in [0, 0.05) is 18.9 Å². The molecular formula is C24H36O3. The molecule has 0 aromatic heterocycles. The van der Waals surface area contributed by atoms with E-state index in [-0.39, 0.29) is 5.92 Å². The van der Waals surface area contributed by atoms with Crippen LogP contribution in [0.15, 0.2) is 30.3 Å². The van der Waals surface area contributed by atoms with E-state index < -0.39 is 0 Å². The average molecular weight is 373 g/mol. The van der Waals surface area contributed by atoms with E-state index in [4.69, 9.17) is 9.84 Å². The summed E-state index contributed by atoms with van der Waals surface area (Å²) in [6.45, 7) is 2.36. The minimum Gasteiger partial charge on any atom is -0.396 e. The maximum Gasteiger partial charge on any atom is 0.140 e. The van der Waals surface area contributed by atoms with Gasteiger partial charge in [-0.05, 0) is 49.5 Å². The quantitative estimate of drug-likeness (QED) is 0.509.